The quantitative estimate of drug-likeness (QED) is 0.554. The highest BCUT2D eigenvalue weighted by Crippen LogP contribution is 2.17. The molecule has 2 heteroatoms. The fraction of sp³-hybridized carbons (Fsp3) is 0.556. The molecule has 0 radical (unpaired) electrons. The van der Waals surface area contributed by atoms with Crippen molar-refractivity contribution in [1.29, 1.82) is 0 Å². The van der Waals surface area contributed by atoms with E-state index in [0.29, 0.717) is 6.85 Å². The maximum absolute atomic E-state index is 2.29. The monoisotopic (exact) mass is 149 g/mol. The highest BCUT2D eigenvalue weighted by atomic mass is 15.0. The molecule has 11 heavy (non-hydrogen) atoms. The van der Waals surface area contributed by atoms with Crippen LogP contribution in [0.25, 0.3) is 0 Å². The number of nitrogens with zero attached hydrogens (tertiary/aromatic N) is 1. The Hall–Kier alpha value is -0.495. The van der Waals surface area contributed by atoms with E-state index in [9.17, 15) is 0 Å². The van der Waals surface area contributed by atoms with Crippen molar-refractivity contribution in [3.05, 3.63) is 23.7 Å². The maximum Gasteiger partial charge on any atom is 0.252 e. The van der Waals surface area contributed by atoms with Gasteiger partial charge in [0.1, 0.15) is 0 Å². The number of rotatable bonds is 3. The van der Waals surface area contributed by atoms with E-state index in [-0.39, 0.29) is 0 Å². The molecule has 0 N–H and O–H groups in total. The molecule has 1 nitrogen and oxygen atoms in total. The zero-order chi connectivity index (χ0) is 8.27. The zero-order valence-corrected chi connectivity index (χ0v) is 7.67. The van der Waals surface area contributed by atoms with E-state index >= 15 is 0 Å². The van der Waals surface area contributed by atoms with Crippen molar-refractivity contribution in [3.8, 4) is 0 Å². The molecule has 0 aliphatic heterocycles. The molecule has 0 aromatic rings. The van der Waals surface area contributed by atoms with Crippen molar-refractivity contribution < 1.29 is 0 Å². The first-order chi connectivity index (χ1) is 5.25. The summed E-state index contributed by atoms with van der Waals surface area (Å²) in [5.41, 5.74) is 1.55. The summed E-state index contributed by atoms with van der Waals surface area (Å²) in [7, 11) is 4.29. The molecular weight excluding hydrogens is 133 g/mol. The van der Waals surface area contributed by atoms with Crippen molar-refractivity contribution in [3.63, 3.8) is 0 Å². The minimum Gasteiger partial charge on any atom is -0.344 e. The maximum atomic E-state index is 2.29. The predicted octanol–water partition coefficient (Wildman–Crippen LogP) is 1.98. The van der Waals surface area contributed by atoms with Crippen LogP contribution in [0.2, 0.25) is 6.32 Å². The molecule has 0 fully saturated rings. The topological polar surface area (TPSA) is 3.24 Å². The van der Waals surface area contributed by atoms with Crippen molar-refractivity contribution in [1.82, 2.24) is 4.81 Å². The molecule has 1 aliphatic carbocycles. The Morgan fingerprint density at radius 3 is 2.64 bits per heavy atom. The Morgan fingerprint density at radius 2 is 2.27 bits per heavy atom. The predicted molar refractivity (Wildman–Crippen MR) is 51.8 cm³/mol. The average Bonchev–Trinajstić information content (AvgIpc) is 2.40. The molecule has 0 heterocycles. The molecule has 0 bridgehead atoms. The Kier molecular flexibility index (Phi) is 2.95. The molecular formula is C9H16BN. The highest BCUT2D eigenvalue weighted by molar-refractivity contribution is 6.63. The summed E-state index contributed by atoms with van der Waals surface area (Å²) in [6.45, 7) is 2.88. The zero-order valence-electron chi connectivity index (χ0n) is 7.67. The average molecular weight is 149 g/mol. The second kappa shape index (κ2) is 3.77. The van der Waals surface area contributed by atoms with E-state index in [4.69, 9.17) is 0 Å². The van der Waals surface area contributed by atoms with E-state index in [1.807, 2.05) is 0 Å². The van der Waals surface area contributed by atoms with Gasteiger partial charge < -0.3 is 4.81 Å². The summed E-state index contributed by atoms with van der Waals surface area (Å²) in [6.07, 6.45) is 8.98. The van der Waals surface area contributed by atoms with Crippen LogP contribution in [0, 0.1) is 0 Å². The van der Waals surface area contributed by atoms with Crippen molar-refractivity contribution in [2.45, 2.75) is 19.7 Å². The summed E-state index contributed by atoms with van der Waals surface area (Å²) in [4.78, 5) is 2.29. The second-order valence-corrected chi connectivity index (χ2v) is 3.26. The molecule has 0 aromatic heterocycles. The van der Waals surface area contributed by atoms with Gasteiger partial charge in [-0.3, -0.25) is 0 Å². The molecule has 0 spiro atoms. The second-order valence-electron chi connectivity index (χ2n) is 3.26. The minimum atomic E-state index is 0.644. The Bertz CT molecular complexity index is 182. The molecule has 0 saturated carbocycles. The summed E-state index contributed by atoms with van der Waals surface area (Å²) in [6, 6.07) is 0. The van der Waals surface area contributed by atoms with E-state index in [1.54, 1.807) is 5.47 Å². The van der Waals surface area contributed by atoms with Gasteiger partial charge in [0.2, 0.25) is 0 Å². The van der Waals surface area contributed by atoms with E-state index in [1.165, 1.54) is 6.32 Å². The Morgan fingerprint density at radius 1 is 1.55 bits per heavy atom. The van der Waals surface area contributed by atoms with Crippen LogP contribution in [0.3, 0.4) is 0 Å². The lowest BCUT2D eigenvalue weighted by molar-refractivity contribution is 0.641. The number of hydrogen-bond acceptors (Lipinski definition) is 1. The lowest BCUT2D eigenvalue weighted by atomic mass is 9.51. The SMILES string of the molecule is CCB(C1=CC=CC1)N(C)C. The van der Waals surface area contributed by atoms with Crippen LogP contribution < -0.4 is 0 Å². The fourth-order valence-corrected chi connectivity index (χ4v) is 1.67. The first-order valence-electron chi connectivity index (χ1n) is 4.27. The van der Waals surface area contributed by atoms with Gasteiger partial charge >= 0.3 is 0 Å². The van der Waals surface area contributed by atoms with Crippen molar-refractivity contribution in [2.75, 3.05) is 14.1 Å². The minimum absolute atomic E-state index is 0.644. The molecule has 60 valence electrons. The van der Waals surface area contributed by atoms with Gasteiger partial charge in [0, 0.05) is 0 Å². The van der Waals surface area contributed by atoms with E-state index in [0.717, 1.165) is 6.42 Å². The summed E-state index contributed by atoms with van der Waals surface area (Å²) < 4.78 is 0. The Labute approximate surface area is 69.9 Å². The van der Waals surface area contributed by atoms with Gasteiger partial charge in [-0.25, -0.2) is 0 Å². The van der Waals surface area contributed by atoms with Gasteiger partial charge in [0.25, 0.3) is 6.85 Å². The largest absolute Gasteiger partial charge is 0.344 e. The van der Waals surface area contributed by atoms with E-state index in [2.05, 4.69) is 44.1 Å². The number of allylic oxidation sites excluding steroid dienone is 4. The van der Waals surface area contributed by atoms with Gasteiger partial charge in [-0.05, 0) is 20.5 Å². The van der Waals surface area contributed by atoms with Crippen LogP contribution in [0.15, 0.2) is 23.7 Å². The summed E-state index contributed by atoms with van der Waals surface area (Å²) in [5.74, 6) is 0. The highest BCUT2D eigenvalue weighted by Gasteiger charge is 2.19. The molecule has 0 unspecified atom stereocenters. The van der Waals surface area contributed by atoms with Crippen LogP contribution in [0.5, 0.6) is 0 Å². The first kappa shape index (κ1) is 8.60. The lowest BCUT2D eigenvalue weighted by Crippen LogP contribution is -2.33. The first-order valence-corrected chi connectivity index (χ1v) is 4.27. The van der Waals surface area contributed by atoms with Crippen LogP contribution >= 0.6 is 0 Å². The summed E-state index contributed by atoms with van der Waals surface area (Å²) >= 11 is 0. The molecule has 1 rings (SSSR count). The fourth-order valence-electron chi connectivity index (χ4n) is 1.67. The van der Waals surface area contributed by atoms with Gasteiger partial charge in [0.15, 0.2) is 0 Å². The summed E-state index contributed by atoms with van der Waals surface area (Å²) in [5, 5.41) is 0. The number of hydrogen-bond donors (Lipinski definition) is 0. The molecule has 1 aliphatic rings. The molecule has 0 saturated heterocycles. The van der Waals surface area contributed by atoms with Crippen molar-refractivity contribution >= 4 is 6.85 Å². The smallest absolute Gasteiger partial charge is 0.252 e. The van der Waals surface area contributed by atoms with Crippen LogP contribution in [0.4, 0.5) is 0 Å². The van der Waals surface area contributed by atoms with Crippen LogP contribution in [-0.4, -0.2) is 25.8 Å². The normalized spacial score (nSPS) is 15.8. The molecule has 0 aromatic carbocycles. The van der Waals surface area contributed by atoms with Crippen molar-refractivity contribution in [2.24, 2.45) is 0 Å². The standard InChI is InChI=1S/C9H16BN/c1-4-10(11(2)3)9-7-5-6-8-9/h5-7H,4,8H2,1-3H3. The third kappa shape index (κ3) is 1.97. The third-order valence-corrected chi connectivity index (χ3v) is 2.24. The van der Waals surface area contributed by atoms with Gasteiger partial charge in [-0.2, -0.15) is 0 Å². The lowest BCUT2D eigenvalue weighted by Gasteiger charge is -2.20. The van der Waals surface area contributed by atoms with E-state index < -0.39 is 0 Å². The third-order valence-electron chi connectivity index (χ3n) is 2.24. The van der Waals surface area contributed by atoms with Gasteiger partial charge in [0.05, 0.1) is 0 Å². The van der Waals surface area contributed by atoms with Gasteiger partial charge in [-0.15, -0.1) is 0 Å². The van der Waals surface area contributed by atoms with Gasteiger partial charge in [-0.1, -0.05) is 36.9 Å². The molecule has 0 atom stereocenters. The Balaban J connectivity index is 2.56. The molecule has 0 amide bonds. The van der Waals surface area contributed by atoms with Crippen LogP contribution in [0.1, 0.15) is 13.3 Å². The van der Waals surface area contributed by atoms with Crippen LogP contribution in [-0.2, 0) is 0 Å².